The maximum Gasteiger partial charge on any atom is 0.308 e. The van der Waals surface area contributed by atoms with Crippen LogP contribution in [0.15, 0.2) is 34.7 Å². The van der Waals surface area contributed by atoms with Crippen molar-refractivity contribution in [3.05, 3.63) is 36.1 Å². The Hall–Kier alpha value is -1.81. The molecule has 3 N–H and O–H groups in total. The smallest absolute Gasteiger partial charge is 0.308 e. The standard InChI is InChI=1S/C13H15NO3/c1-2-9(13(15)16)12(14)11-7-8-5-3-4-6-10(8)17-11/h3-7,9,12H,2,14H2,1H3,(H,15,16). The molecule has 2 aromatic rings. The highest BCUT2D eigenvalue weighted by Gasteiger charge is 2.27. The molecule has 1 aromatic heterocycles. The molecular weight excluding hydrogens is 218 g/mol. The highest BCUT2D eigenvalue weighted by molar-refractivity contribution is 5.78. The molecule has 0 spiro atoms. The lowest BCUT2D eigenvalue weighted by Gasteiger charge is -2.15. The first kappa shape index (κ1) is 11.7. The third-order valence-corrected chi connectivity index (χ3v) is 2.96. The SMILES string of the molecule is CCC(C(=O)O)C(N)c1cc2ccccc2o1. The van der Waals surface area contributed by atoms with E-state index in [0.29, 0.717) is 12.2 Å². The average Bonchev–Trinajstić information content (AvgIpc) is 2.72. The molecule has 2 unspecified atom stereocenters. The summed E-state index contributed by atoms with van der Waals surface area (Å²) >= 11 is 0. The third-order valence-electron chi connectivity index (χ3n) is 2.96. The van der Waals surface area contributed by atoms with E-state index in [1.165, 1.54) is 0 Å². The summed E-state index contributed by atoms with van der Waals surface area (Å²) in [6.07, 6.45) is 0.480. The largest absolute Gasteiger partial charge is 0.481 e. The Morgan fingerprint density at radius 1 is 1.47 bits per heavy atom. The van der Waals surface area contributed by atoms with Crippen molar-refractivity contribution in [3.8, 4) is 0 Å². The number of carboxylic acids is 1. The molecule has 0 bridgehead atoms. The van der Waals surface area contributed by atoms with Gasteiger partial charge < -0.3 is 15.3 Å². The van der Waals surface area contributed by atoms with Gasteiger partial charge in [-0.15, -0.1) is 0 Å². The molecule has 1 heterocycles. The zero-order valence-corrected chi connectivity index (χ0v) is 9.59. The highest BCUT2D eigenvalue weighted by atomic mass is 16.4. The van der Waals surface area contributed by atoms with Crippen molar-refractivity contribution in [1.29, 1.82) is 0 Å². The Morgan fingerprint density at radius 2 is 2.18 bits per heavy atom. The molecule has 4 heteroatoms. The molecule has 4 nitrogen and oxygen atoms in total. The van der Waals surface area contributed by atoms with E-state index in [1.807, 2.05) is 30.3 Å². The van der Waals surface area contributed by atoms with E-state index in [2.05, 4.69) is 0 Å². The van der Waals surface area contributed by atoms with Crippen LogP contribution in [-0.4, -0.2) is 11.1 Å². The van der Waals surface area contributed by atoms with Gasteiger partial charge in [-0.3, -0.25) is 4.79 Å². The summed E-state index contributed by atoms with van der Waals surface area (Å²) in [5.41, 5.74) is 6.67. The summed E-state index contributed by atoms with van der Waals surface area (Å²) in [6, 6.07) is 8.73. The topological polar surface area (TPSA) is 76.5 Å². The molecule has 0 aliphatic rings. The second-order valence-electron chi connectivity index (χ2n) is 4.07. The van der Waals surface area contributed by atoms with Gasteiger partial charge in [0, 0.05) is 5.39 Å². The molecule has 0 radical (unpaired) electrons. The van der Waals surface area contributed by atoms with E-state index in [4.69, 9.17) is 15.3 Å². The number of nitrogens with two attached hydrogens (primary N) is 1. The number of carbonyl (C=O) groups is 1. The predicted octanol–water partition coefficient (Wildman–Crippen LogP) is 2.54. The number of fused-ring (bicyclic) bond motifs is 1. The maximum atomic E-state index is 11.0. The Labute approximate surface area is 99.0 Å². The fourth-order valence-corrected chi connectivity index (χ4v) is 1.95. The van der Waals surface area contributed by atoms with Crippen LogP contribution in [-0.2, 0) is 4.79 Å². The number of para-hydroxylation sites is 1. The Bertz CT molecular complexity index is 499. The second-order valence-corrected chi connectivity index (χ2v) is 4.07. The first-order chi connectivity index (χ1) is 8.13. The molecular formula is C13H15NO3. The first-order valence-electron chi connectivity index (χ1n) is 5.60. The highest BCUT2D eigenvalue weighted by Crippen LogP contribution is 2.28. The molecule has 2 rings (SSSR count). The number of aliphatic carboxylic acids is 1. The van der Waals surface area contributed by atoms with Gasteiger partial charge in [-0.25, -0.2) is 0 Å². The fraction of sp³-hybridized carbons (Fsp3) is 0.308. The molecule has 0 saturated carbocycles. The minimum Gasteiger partial charge on any atom is -0.481 e. The van der Waals surface area contributed by atoms with Crippen molar-refractivity contribution in [2.45, 2.75) is 19.4 Å². The Balaban J connectivity index is 2.35. The van der Waals surface area contributed by atoms with E-state index in [9.17, 15) is 4.79 Å². The molecule has 1 aromatic carbocycles. The van der Waals surface area contributed by atoms with Gasteiger partial charge in [0.25, 0.3) is 0 Å². The Kier molecular flexibility index (Phi) is 3.15. The number of hydrogen-bond acceptors (Lipinski definition) is 3. The van der Waals surface area contributed by atoms with Crippen LogP contribution in [0, 0.1) is 5.92 Å². The van der Waals surface area contributed by atoms with Crippen molar-refractivity contribution in [2.75, 3.05) is 0 Å². The van der Waals surface area contributed by atoms with Gasteiger partial charge >= 0.3 is 5.97 Å². The molecule has 90 valence electrons. The zero-order valence-electron chi connectivity index (χ0n) is 9.59. The Morgan fingerprint density at radius 3 is 2.76 bits per heavy atom. The van der Waals surface area contributed by atoms with Gasteiger partial charge in [-0.05, 0) is 18.6 Å². The number of hydrogen-bond donors (Lipinski definition) is 2. The normalized spacial score (nSPS) is 14.7. The van der Waals surface area contributed by atoms with Gasteiger partial charge in [-0.2, -0.15) is 0 Å². The summed E-state index contributed by atoms with van der Waals surface area (Å²) in [7, 11) is 0. The minimum absolute atomic E-state index is 0.480. The maximum absolute atomic E-state index is 11.0. The predicted molar refractivity (Wildman–Crippen MR) is 64.6 cm³/mol. The van der Waals surface area contributed by atoms with E-state index in [0.717, 1.165) is 11.0 Å². The fourth-order valence-electron chi connectivity index (χ4n) is 1.95. The van der Waals surface area contributed by atoms with Crippen molar-refractivity contribution in [1.82, 2.24) is 0 Å². The summed E-state index contributed by atoms with van der Waals surface area (Å²) < 4.78 is 5.57. The number of benzene rings is 1. The molecule has 0 fully saturated rings. The first-order valence-corrected chi connectivity index (χ1v) is 5.60. The molecule has 0 aliphatic heterocycles. The second kappa shape index (κ2) is 4.59. The number of carboxylic acid groups (broad SMARTS) is 1. The summed E-state index contributed by atoms with van der Waals surface area (Å²) in [5.74, 6) is -0.975. The quantitative estimate of drug-likeness (QED) is 0.850. The van der Waals surface area contributed by atoms with Gasteiger partial charge in [0.05, 0.1) is 12.0 Å². The summed E-state index contributed by atoms with van der Waals surface area (Å²) in [5, 5.41) is 10.0. The van der Waals surface area contributed by atoms with Crippen LogP contribution < -0.4 is 5.73 Å². The molecule has 2 atom stereocenters. The van der Waals surface area contributed by atoms with Crippen LogP contribution in [0.3, 0.4) is 0 Å². The van der Waals surface area contributed by atoms with Gasteiger partial charge in [0.2, 0.25) is 0 Å². The van der Waals surface area contributed by atoms with Crippen LogP contribution in [0.4, 0.5) is 0 Å². The van der Waals surface area contributed by atoms with E-state index < -0.39 is 17.9 Å². The summed E-state index contributed by atoms with van der Waals surface area (Å²) in [4.78, 5) is 11.0. The van der Waals surface area contributed by atoms with Crippen molar-refractivity contribution < 1.29 is 14.3 Å². The number of furan rings is 1. The van der Waals surface area contributed by atoms with Crippen molar-refractivity contribution >= 4 is 16.9 Å². The van der Waals surface area contributed by atoms with Gasteiger partial charge in [-0.1, -0.05) is 25.1 Å². The van der Waals surface area contributed by atoms with Crippen LogP contribution in [0.25, 0.3) is 11.0 Å². The summed E-state index contributed by atoms with van der Waals surface area (Å²) in [6.45, 7) is 1.81. The van der Waals surface area contributed by atoms with E-state index >= 15 is 0 Å². The van der Waals surface area contributed by atoms with Crippen LogP contribution >= 0.6 is 0 Å². The van der Waals surface area contributed by atoms with E-state index in [1.54, 1.807) is 6.92 Å². The van der Waals surface area contributed by atoms with Crippen LogP contribution in [0.2, 0.25) is 0 Å². The molecule has 17 heavy (non-hydrogen) atoms. The van der Waals surface area contributed by atoms with Crippen LogP contribution in [0.1, 0.15) is 25.1 Å². The lowest BCUT2D eigenvalue weighted by molar-refractivity contribution is -0.142. The lowest BCUT2D eigenvalue weighted by atomic mass is 9.96. The average molecular weight is 233 g/mol. The lowest BCUT2D eigenvalue weighted by Crippen LogP contribution is -2.27. The van der Waals surface area contributed by atoms with Gasteiger partial charge in [0.1, 0.15) is 11.3 Å². The zero-order chi connectivity index (χ0) is 12.4. The van der Waals surface area contributed by atoms with E-state index in [-0.39, 0.29) is 0 Å². The number of rotatable bonds is 4. The molecule has 0 saturated heterocycles. The minimum atomic E-state index is -0.888. The third kappa shape index (κ3) is 2.17. The van der Waals surface area contributed by atoms with Gasteiger partial charge in [0.15, 0.2) is 0 Å². The monoisotopic (exact) mass is 233 g/mol. The van der Waals surface area contributed by atoms with Crippen molar-refractivity contribution in [2.24, 2.45) is 11.7 Å². The van der Waals surface area contributed by atoms with Crippen LogP contribution in [0.5, 0.6) is 0 Å². The van der Waals surface area contributed by atoms with Crippen molar-refractivity contribution in [3.63, 3.8) is 0 Å². The molecule has 0 aliphatic carbocycles. The molecule has 0 amide bonds.